The topological polar surface area (TPSA) is 74.4 Å². The number of hydrogen-bond acceptors (Lipinski definition) is 5. The van der Waals surface area contributed by atoms with Crippen LogP contribution in [-0.2, 0) is 14.3 Å². The van der Waals surface area contributed by atoms with Crippen molar-refractivity contribution in [2.75, 3.05) is 18.9 Å². The predicted octanol–water partition coefficient (Wildman–Crippen LogP) is 6.52. The first-order valence-electron chi connectivity index (χ1n) is 11.8. The van der Waals surface area contributed by atoms with Crippen LogP contribution in [0.15, 0.2) is 46.6 Å². The highest BCUT2D eigenvalue weighted by Gasteiger charge is 2.29. The molecule has 1 aromatic carbocycles. The Balaban J connectivity index is 1.74. The number of nitrogen functional groups attached to an aromatic ring is 1. The van der Waals surface area contributed by atoms with Gasteiger partial charge in [0.15, 0.2) is 0 Å². The van der Waals surface area contributed by atoms with Crippen LogP contribution in [0, 0.1) is 0 Å². The van der Waals surface area contributed by atoms with E-state index >= 15 is 0 Å². The number of halogens is 1. The zero-order valence-corrected chi connectivity index (χ0v) is 21.3. The maximum Gasteiger partial charge on any atom is 0.331 e. The largest absolute Gasteiger partial charge is 0.457 e. The Morgan fingerprint density at radius 1 is 1.15 bits per heavy atom. The molecule has 0 amide bonds. The standard InChI is InChI=1S/C27H33BrN2O3/c1-27(2,3)33-25(31)15-19-5-4-6-21(19)23-13-18(20-14-24(28)26(29)30-16-20)7-8-22(23)17-9-11-32-12-10-17/h7-8,13-17,21H,4-6,9-12H2,1-3H3,(H2,29,30)/b19-15+/t21-/m1/s1. The molecule has 0 radical (unpaired) electrons. The van der Waals surface area contributed by atoms with Gasteiger partial charge in [0.1, 0.15) is 11.4 Å². The van der Waals surface area contributed by atoms with Crippen molar-refractivity contribution < 1.29 is 14.3 Å². The second-order valence-corrected chi connectivity index (χ2v) is 10.9. The van der Waals surface area contributed by atoms with Crippen molar-refractivity contribution in [3.8, 4) is 11.1 Å². The van der Waals surface area contributed by atoms with E-state index in [0.717, 1.165) is 60.9 Å². The van der Waals surface area contributed by atoms with Gasteiger partial charge >= 0.3 is 5.97 Å². The maximum atomic E-state index is 12.6. The van der Waals surface area contributed by atoms with Crippen molar-refractivity contribution in [1.29, 1.82) is 0 Å². The van der Waals surface area contributed by atoms with Crippen LogP contribution in [0.4, 0.5) is 5.82 Å². The Morgan fingerprint density at radius 3 is 2.61 bits per heavy atom. The molecule has 1 saturated carbocycles. The number of carbonyl (C=O) groups is 1. The summed E-state index contributed by atoms with van der Waals surface area (Å²) in [4.78, 5) is 16.9. The molecule has 1 aliphatic carbocycles. The summed E-state index contributed by atoms with van der Waals surface area (Å²) in [6.07, 6.45) is 8.66. The number of allylic oxidation sites excluding steroid dienone is 1. The summed E-state index contributed by atoms with van der Waals surface area (Å²) in [7, 11) is 0. The fourth-order valence-corrected chi connectivity index (χ4v) is 5.27. The van der Waals surface area contributed by atoms with Gasteiger partial charge in [-0.2, -0.15) is 0 Å². The second kappa shape index (κ2) is 9.98. The van der Waals surface area contributed by atoms with Crippen molar-refractivity contribution in [3.05, 3.63) is 57.7 Å². The minimum absolute atomic E-state index is 0.223. The molecule has 2 heterocycles. The first kappa shape index (κ1) is 24.0. The van der Waals surface area contributed by atoms with E-state index in [1.54, 1.807) is 6.08 Å². The van der Waals surface area contributed by atoms with Gasteiger partial charge in [-0.15, -0.1) is 0 Å². The third kappa shape index (κ3) is 5.85. The molecule has 1 aromatic heterocycles. The second-order valence-electron chi connectivity index (χ2n) is 10.0. The predicted molar refractivity (Wildman–Crippen MR) is 135 cm³/mol. The van der Waals surface area contributed by atoms with Crippen LogP contribution in [0.25, 0.3) is 11.1 Å². The van der Waals surface area contributed by atoms with Crippen LogP contribution in [-0.4, -0.2) is 29.8 Å². The van der Waals surface area contributed by atoms with Crippen molar-refractivity contribution >= 4 is 27.7 Å². The molecule has 4 rings (SSSR count). The van der Waals surface area contributed by atoms with E-state index in [-0.39, 0.29) is 11.9 Å². The number of benzene rings is 1. The van der Waals surface area contributed by atoms with E-state index in [4.69, 9.17) is 15.2 Å². The van der Waals surface area contributed by atoms with Crippen molar-refractivity contribution in [3.63, 3.8) is 0 Å². The summed E-state index contributed by atoms with van der Waals surface area (Å²) in [5, 5.41) is 0. The average molecular weight is 513 g/mol. The van der Waals surface area contributed by atoms with E-state index in [9.17, 15) is 4.79 Å². The van der Waals surface area contributed by atoms with Crippen LogP contribution in [0.5, 0.6) is 0 Å². The monoisotopic (exact) mass is 512 g/mol. The first-order valence-corrected chi connectivity index (χ1v) is 12.6. The molecule has 176 valence electrons. The number of rotatable bonds is 4. The van der Waals surface area contributed by atoms with E-state index < -0.39 is 5.60 Å². The lowest BCUT2D eigenvalue weighted by atomic mass is 9.80. The molecule has 33 heavy (non-hydrogen) atoms. The zero-order valence-electron chi connectivity index (χ0n) is 19.7. The molecule has 2 fully saturated rings. The summed E-state index contributed by atoms with van der Waals surface area (Å²) >= 11 is 3.50. The first-order chi connectivity index (χ1) is 15.7. The van der Waals surface area contributed by atoms with Gasteiger partial charge in [-0.3, -0.25) is 0 Å². The highest BCUT2D eigenvalue weighted by Crippen LogP contribution is 2.45. The maximum absolute atomic E-state index is 12.6. The Labute approximate surface area is 204 Å². The summed E-state index contributed by atoms with van der Waals surface area (Å²) in [6, 6.07) is 8.76. The normalized spacial score (nSPS) is 20.8. The van der Waals surface area contributed by atoms with Crippen molar-refractivity contribution in [2.24, 2.45) is 0 Å². The lowest BCUT2D eigenvalue weighted by Gasteiger charge is -2.28. The van der Waals surface area contributed by atoms with E-state index in [2.05, 4.69) is 39.1 Å². The smallest absolute Gasteiger partial charge is 0.331 e. The Morgan fingerprint density at radius 2 is 1.91 bits per heavy atom. The summed E-state index contributed by atoms with van der Waals surface area (Å²) in [5.41, 5.74) is 11.4. The molecule has 0 unspecified atom stereocenters. The van der Waals surface area contributed by atoms with Crippen LogP contribution < -0.4 is 5.73 Å². The van der Waals surface area contributed by atoms with Crippen LogP contribution in [0.3, 0.4) is 0 Å². The van der Waals surface area contributed by atoms with Gasteiger partial charge in [0.25, 0.3) is 0 Å². The Bertz CT molecular complexity index is 1050. The lowest BCUT2D eigenvalue weighted by molar-refractivity contribution is -0.148. The number of nitrogens with two attached hydrogens (primary N) is 1. The van der Waals surface area contributed by atoms with Gasteiger partial charge in [0.05, 0.1) is 4.47 Å². The molecule has 0 bridgehead atoms. The number of esters is 1. The number of pyridine rings is 1. The number of nitrogens with zero attached hydrogens (tertiary/aromatic N) is 1. The van der Waals surface area contributed by atoms with Gasteiger partial charge in [0.2, 0.25) is 0 Å². The minimum atomic E-state index is -0.495. The van der Waals surface area contributed by atoms with Gasteiger partial charge in [-0.1, -0.05) is 23.8 Å². The molecule has 0 spiro atoms. The van der Waals surface area contributed by atoms with Crippen LogP contribution >= 0.6 is 15.9 Å². The van der Waals surface area contributed by atoms with Gasteiger partial charge in [-0.05, 0) is 97.5 Å². The molecular formula is C27H33BrN2O3. The number of hydrogen-bond donors (Lipinski definition) is 1. The van der Waals surface area contributed by atoms with Crippen LogP contribution in [0.2, 0.25) is 0 Å². The fraction of sp³-hybridized carbons (Fsp3) is 0.481. The highest BCUT2D eigenvalue weighted by molar-refractivity contribution is 9.10. The van der Waals surface area contributed by atoms with Gasteiger partial charge in [-0.25, -0.2) is 9.78 Å². The number of ether oxygens (including phenoxy) is 2. The number of anilines is 1. The molecule has 1 saturated heterocycles. The molecular weight excluding hydrogens is 480 g/mol. The van der Waals surface area contributed by atoms with Crippen molar-refractivity contribution in [1.82, 2.24) is 4.98 Å². The quantitative estimate of drug-likeness (QED) is 0.372. The van der Waals surface area contributed by atoms with Crippen molar-refractivity contribution in [2.45, 2.75) is 70.3 Å². The lowest BCUT2D eigenvalue weighted by Crippen LogP contribution is -2.23. The molecule has 6 heteroatoms. The molecule has 2 N–H and O–H groups in total. The zero-order chi connectivity index (χ0) is 23.6. The highest BCUT2D eigenvalue weighted by atomic mass is 79.9. The average Bonchev–Trinajstić information content (AvgIpc) is 3.22. The number of aromatic nitrogens is 1. The third-order valence-corrected chi connectivity index (χ3v) is 7.08. The minimum Gasteiger partial charge on any atom is -0.457 e. The summed E-state index contributed by atoms with van der Waals surface area (Å²) in [5.74, 6) is 0.930. The Kier molecular flexibility index (Phi) is 7.25. The SMILES string of the molecule is CC(C)(C)OC(=O)/C=C1\CCC[C@H]1c1cc(-c2cnc(N)c(Br)c2)ccc1C1CCOCC1. The molecule has 2 aliphatic rings. The summed E-state index contributed by atoms with van der Waals surface area (Å²) in [6.45, 7) is 7.31. The van der Waals surface area contributed by atoms with E-state index in [1.165, 1.54) is 16.7 Å². The molecule has 5 nitrogen and oxygen atoms in total. The summed E-state index contributed by atoms with van der Waals surface area (Å²) < 4.78 is 12.0. The number of carbonyl (C=O) groups excluding carboxylic acids is 1. The van der Waals surface area contributed by atoms with Gasteiger partial charge < -0.3 is 15.2 Å². The Hall–Kier alpha value is -2.18. The van der Waals surface area contributed by atoms with Crippen LogP contribution in [0.1, 0.15) is 75.8 Å². The third-order valence-electron chi connectivity index (χ3n) is 6.44. The molecule has 2 aromatic rings. The van der Waals surface area contributed by atoms with Gasteiger partial charge in [0, 0.05) is 37.0 Å². The molecule has 1 atom stereocenters. The van der Waals surface area contributed by atoms with E-state index in [0.29, 0.717) is 11.7 Å². The molecule has 1 aliphatic heterocycles. The van der Waals surface area contributed by atoms with E-state index in [1.807, 2.05) is 33.0 Å². The fourth-order valence-electron chi connectivity index (χ4n) is 4.92.